The van der Waals surface area contributed by atoms with Gasteiger partial charge in [-0.3, -0.25) is 4.79 Å². The number of carbonyl (C=O) groups excluding carboxylic acids is 1. The number of fused-ring (bicyclic) bond motifs is 1. The van der Waals surface area contributed by atoms with Crippen molar-refractivity contribution >= 4 is 16.7 Å². The second-order valence-corrected chi connectivity index (χ2v) is 6.89. The summed E-state index contributed by atoms with van der Waals surface area (Å²) in [5.74, 6) is -0.522. The van der Waals surface area contributed by atoms with Crippen molar-refractivity contribution in [2.24, 2.45) is 0 Å². The molecule has 0 saturated carbocycles. The molecule has 3 heteroatoms. The van der Waals surface area contributed by atoms with Crippen LogP contribution in [0.2, 0.25) is 0 Å². The van der Waals surface area contributed by atoms with Crippen LogP contribution in [0.5, 0.6) is 0 Å². The van der Waals surface area contributed by atoms with E-state index < -0.39 is 0 Å². The van der Waals surface area contributed by atoms with Crippen molar-refractivity contribution in [3.05, 3.63) is 83.9 Å². The predicted molar refractivity (Wildman–Crippen MR) is 106 cm³/mol. The van der Waals surface area contributed by atoms with Crippen LogP contribution < -0.4 is 0 Å². The molecule has 134 valence electrons. The van der Waals surface area contributed by atoms with E-state index in [1.807, 2.05) is 80.5 Å². The monoisotopic (exact) mass is 347 g/mol. The van der Waals surface area contributed by atoms with Crippen LogP contribution >= 0.6 is 0 Å². The van der Waals surface area contributed by atoms with Gasteiger partial charge in [-0.1, -0.05) is 72.8 Å². The van der Waals surface area contributed by atoms with E-state index >= 15 is 0 Å². The lowest BCUT2D eigenvalue weighted by Crippen LogP contribution is -2.26. The van der Waals surface area contributed by atoms with Gasteiger partial charge in [0.25, 0.3) is 0 Å². The van der Waals surface area contributed by atoms with Crippen LogP contribution in [0, 0.1) is 0 Å². The summed E-state index contributed by atoms with van der Waals surface area (Å²) in [5.41, 5.74) is 2.02. The van der Waals surface area contributed by atoms with Gasteiger partial charge in [-0.05, 0) is 42.9 Å². The topological polar surface area (TPSA) is 29.5 Å². The number of benzene rings is 3. The number of nitrogens with zero attached hydrogens (tertiary/aromatic N) is 1. The highest BCUT2D eigenvalue weighted by molar-refractivity contribution is 5.91. The normalized spacial score (nSPS) is 13.5. The van der Waals surface area contributed by atoms with Gasteiger partial charge in [-0.25, -0.2) is 0 Å². The Morgan fingerprint density at radius 1 is 0.923 bits per heavy atom. The third-order valence-electron chi connectivity index (χ3n) is 4.60. The molecular formula is C23H25NO2. The van der Waals surface area contributed by atoms with Crippen molar-refractivity contribution in [1.82, 2.24) is 4.90 Å². The van der Waals surface area contributed by atoms with Gasteiger partial charge in [0.2, 0.25) is 0 Å². The number of carbonyl (C=O) groups is 1. The molecule has 3 aromatic carbocycles. The van der Waals surface area contributed by atoms with Crippen molar-refractivity contribution in [3.8, 4) is 0 Å². The molecule has 0 N–H and O–H groups in total. The average molecular weight is 347 g/mol. The number of likely N-dealkylation sites (N-methyl/N-ethyl adjacent to an activating group) is 1. The van der Waals surface area contributed by atoms with Crippen LogP contribution in [0.25, 0.3) is 10.8 Å². The maximum atomic E-state index is 12.9. The number of hydrogen-bond acceptors (Lipinski definition) is 3. The number of esters is 1. The molecule has 0 spiro atoms. The van der Waals surface area contributed by atoms with Gasteiger partial charge >= 0.3 is 5.97 Å². The van der Waals surface area contributed by atoms with Crippen LogP contribution in [0.4, 0.5) is 0 Å². The molecule has 0 aromatic heterocycles. The molecule has 0 fully saturated rings. The molecule has 0 bridgehead atoms. The maximum absolute atomic E-state index is 12.9. The van der Waals surface area contributed by atoms with Crippen LogP contribution in [-0.4, -0.2) is 31.5 Å². The van der Waals surface area contributed by atoms with Gasteiger partial charge in [-0.15, -0.1) is 0 Å². The smallest absolute Gasteiger partial charge is 0.313 e. The fraction of sp³-hybridized carbons (Fsp3) is 0.261. The summed E-state index contributed by atoms with van der Waals surface area (Å²) in [6, 6.07) is 24.1. The predicted octanol–water partition coefficient (Wildman–Crippen LogP) is 4.79. The van der Waals surface area contributed by atoms with Crippen molar-refractivity contribution in [2.45, 2.75) is 18.9 Å². The number of hydrogen-bond donors (Lipinski definition) is 0. The Hall–Kier alpha value is -2.65. The lowest BCUT2D eigenvalue weighted by atomic mass is 9.95. The highest BCUT2D eigenvalue weighted by Crippen LogP contribution is 2.28. The quantitative estimate of drug-likeness (QED) is 0.601. The minimum atomic E-state index is -0.325. The maximum Gasteiger partial charge on any atom is 0.313 e. The van der Waals surface area contributed by atoms with Crippen molar-refractivity contribution in [2.75, 3.05) is 20.6 Å². The Balaban J connectivity index is 1.84. The van der Waals surface area contributed by atoms with Crippen LogP contribution in [0.3, 0.4) is 0 Å². The molecule has 2 unspecified atom stereocenters. The highest BCUT2D eigenvalue weighted by atomic mass is 16.5. The molecule has 0 heterocycles. The number of ether oxygens (including phenoxy) is 1. The van der Waals surface area contributed by atoms with Crippen molar-refractivity contribution in [3.63, 3.8) is 0 Å². The Morgan fingerprint density at radius 2 is 1.58 bits per heavy atom. The summed E-state index contributed by atoms with van der Waals surface area (Å²) in [6.07, 6.45) is -0.281. The second kappa shape index (κ2) is 8.15. The van der Waals surface area contributed by atoms with E-state index in [9.17, 15) is 4.79 Å². The Kier molecular flexibility index (Phi) is 5.69. The fourth-order valence-electron chi connectivity index (χ4n) is 3.21. The average Bonchev–Trinajstić information content (AvgIpc) is 2.66. The van der Waals surface area contributed by atoms with Crippen LogP contribution in [0.1, 0.15) is 30.1 Å². The minimum absolute atomic E-state index is 0.197. The summed E-state index contributed by atoms with van der Waals surface area (Å²) in [5, 5.41) is 2.24. The molecule has 26 heavy (non-hydrogen) atoms. The Morgan fingerprint density at radius 3 is 2.31 bits per heavy atom. The lowest BCUT2D eigenvalue weighted by Gasteiger charge is -2.24. The van der Waals surface area contributed by atoms with Crippen LogP contribution in [0.15, 0.2) is 72.8 Å². The third-order valence-corrected chi connectivity index (χ3v) is 4.60. The second-order valence-electron chi connectivity index (χ2n) is 6.89. The fourth-order valence-corrected chi connectivity index (χ4v) is 3.21. The molecule has 3 nitrogen and oxygen atoms in total. The Labute approximate surface area is 155 Å². The van der Waals surface area contributed by atoms with E-state index in [4.69, 9.17) is 4.74 Å². The first-order valence-corrected chi connectivity index (χ1v) is 8.94. The summed E-state index contributed by atoms with van der Waals surface area (Å²) in [6.45, 7) is 2.57. The molecule has 3 aromatic rings. The van der Waals surface area contributed by atoms with E-state index in [2.05, 4.69) is 18.2 Å². The Bertz CT molecular complexity index is 868. The largest absolute Gasteiger partial charge is 0.456 e. The van der Waals surface area contributed by atoms with E-state index in [0.717, 1.165) is 21.9 Å². The first kappa shape index (κ1) is 18.2. The highest BCUT2D eigenvalue weighted by Gasteiger charge is 2.24. The van der Waals surface area contributed by atoms with Gasteiger partial charge in [0.1, 0.15) is 6.10 Å². The van der Waals surface area contributed by atoms with E-state index in [1.54, 1.807) is 0 Å². The zero-order chi connectivity index (χ0) is 18.5. The number of rotatable bonds is 6. The zero-order valence-electron chi connectivity index (χ0n) is 15.6. The van der Waals surface area contributed by atoms with Gasteiger partial charge in [-0.2, -0.15) is 0 Å². The van der Waals surface area contributed by atoms with Crippen LogP contribution in [-0.2, 0) is 9.53 Å². The molecule has 0 radical (unpaired) electrons. The summed E-state index contributed by atoms with van der Waals surface area (Å²) >= 11 is 0. The molecule has 0 aliphatic carbocycles. The molecule has 0 aliphatic rings. The molecule has 0 saturated heterocycles. The zero-order valence-corrected chi connectivity index (χ0v) is 15.6. The SMILES string of the molecule is CC(C(=O)OC(CN(C)C)c1ccccc1)c1cccc2ccccc12. The van der Waals surface area contributed by atoms with Gasteiger partial charge in [0.15, 0.2) is 0 Å². The molecular weight excluding hydrogens is 322 g/mol. The third kappa shape index (κ3) is 4.12. The molecule has 3 rings (SSSR count). The first-order chi connectivity index (χ1) is 12.6. The summed E-state index contributed by atoms with van der Waals surface area (Å²) in [4.78, 5) is 14.9. The lowest BCUT2D eigenvalue weighted by molar-refractivity contribution is -0.151. The van der Waals surface area contributed by atoms with Gasteiger partial charge < -0.3 is 9.64 Å². The first-order valence-electron chi connectivity index (χ1n) is 8.94. The molecule has 2 atom stereocenters. The van der Waals surface area contributed by atoms with Gasteiger partial charge in [0, 0.05) is 6.54 Å². The molecule has 0 aliphatic heterocycles. The van der Waals surface area contributed by atoms with Gasteiger partial charge in [0.05, 0.1) is 5.92 Å². The summed E-state index contributed by atoms with van der Waals surface area (Å²) in [7, 11) is 3.97. The van der Waals surface area contributed by atoms with E-state index in [-0.39, 0.29) is 18.0 Å². The summed E-state index contributed by atoms with van der Waals surface area (Å²) < 4.78 is 5.93. The van der Waals surface area contributed by atoms with E-state index in [0.29, 0.717) is 6.54 Å². The minimum Gasteiger partial charge on any atom is -0.456 e. The van der Waals surface area contributed by atoms with E-state index in [1.165, 1.54) is 0 Å². The standard InChI is InChI=1S/C23H25NO2/c1-17(20-15-9-13-18-10-7-8-14-21(18)20)23(25)26-22(16-24(2)3)19-11-5-4-6-12-19/h4-15,17,22H,16H2,1-3H3. The molecule has 0 amide bonds. The van der Waals surface area contributed by atoms with Crippen molar-refractivity contribution < 1.29 is 9.53 Å². The van der Waals surface area contributed by atoms with Crippen molar-refractivity contribution in [1.29, 1.82) is 0 Å².